The lowest BCUT2D eigenvalue weighted by atomic mass is 10.1. The number of nitrogens with two attached hydrogens (primary N) is 1. The molecule has 17 heavy (non-hydrogen) atoms. The van der Waals surface area contributed by atoms with Crippen molar-refractivity contribution in [2.45, 2.75) is 39.7 Å². The third kappa shape index (κ3) is 3.43. The number of anilines is 1. The molecule has 0 saturated carbocycles. The molecule has 3 heteroatoms. The molecule has 1 unspecified atom stereocenters. The Labute approximate surface area is 104 Å². The van der Waals surface area contributed by atoms with E-state index in [-0.39, 0.29) is 5.82 Å². The van der Waals surface area contributed by atoms with Crippen molar-refractivity contribution in [1.82, 2.24) is 0 Å². The van der Waals surface area contributed by atoms with Gasteiger partial charge in [0.1, 0.15) is 5.82 Å². The molecule has 0 saturated heterocycles. The fourth-order valence-corrected chi connectivity index (χ4v) is 2.05. The second-order valence-electron chi connectivity index (χ2n) is 4.37. The Morgan fingerprint density at radius 3 is 2.53 bits per heavy atom. The van der Waals surface area contributed by atoms with Crippen molar-refractivity contribution < 1.29 is 4.39 Å². The average Bonchev–Trinajstić information content (AvgIpc) is 2.32. The quantitative estimate of drug-likeness (QED) is 0.825. The van der Waals surface area contributed by atoms with Crippen molar-refractivity contribution in [3.05, 3.63) is 29.6 Å². The van der Waals surface area contributed by atoms with Crippen LogP contribution in [-0.4, -0.2) is 19.1 Å². The maximum atomic E-state index is 14.0. The molecule has 1 atom stereocenters. The van der Waals surface area contributed by atoms with Crippen molar-refractivity contribution in [2.75, 3.05) is 18.0 Å². The van der Waals surface area contributed by atoms with E-state index >= 15 is 0 Å². The molecule has 0 aliphatic heterocycles. The number of halogens is 1. The zero-order valence-corrected chi connectivity index (χ0v) is 11.0. The fourth-order valence-electron chi connectivity index (χ4n) is 2.05. The van der Waals surface area contributed by atoms with E-state index < -0.39 is 0 Å². The molecule has 0 spiro atoms. The lowest BCUT2D eigenvalue weighted by Gasteiger charge is -2.30. The molecule has 2 nitrogen and oxygen atoms in total. The fraction of sp³-hybridized carbons (Fsp3) is 0.571. The molecule has 0 amide bonds. The van der Waals surface area contributed by atoms with Crippen LogP contribution in [0.3, 0.4) is 0 Å². The minimum Gasteiger partial charge on any atom is -0.367 e. The van der Waals surface area contributed by atoms with Crippen LogP contribution in [-0.2, 0) is 6.42 Å². The molecule has 0 aliphatic rings. The Morgan fingerprint density at radius 1 is 1.35 bits per heavy atom. The lowest BCUT2D eigenvalue weighted by molar-refractivity contribution is 0.582. The first-order chi connectivity index (χ1) is 8.13. The van der Waals surface area contributed by atoms with Crippen LogP contribution in [0.25, 0.3) is 0 Å². The van der Waals surface area contributed by atoms with Crippen LogP contribution < -0.4 is 10.6 Å². The van der Waals surface area contributed by atoms with E-state index in [1.165, 1.54) is 0 Å². The van der Waals surface area contributed by atoms with Crippen LogP contribution in [0.15, 0.2) is 18.2 Å². The summed E-state index contributed by atoms with van der Waals surface area (Å²) in [6, 6.07) is 5.80. The molecule has 2 N–H and O–H groups in total. The molecule has 0 aromatic heterocycles. The highest BCUT2D eigenvalue weighted by Gasteiger charge is 2.15. The van der Waals surface area contributed by atoms with Gasteiger partial charge in [-0.25, -0.2) is 4.39 Å². The first-order valence-corrected chi connectivity index (χ1v) is 6.39. The topological polar surface area (TPSA) is 29.3 Å². The van der Waals surface area contributed by atoms with E-state index in [1.54, 1.807) is 6.07 Å². The third-order valence-electron chi connectivity index (χ3n) is 3.22. The van der Waals surface area contributed by atoms with Gasteiger partial charge >= 0.3 is 0 Å². The van der Waals surface area contributed by atoms with Crippen LogP contribution in [0.4, 0.5) is 10.1 Å². The maximum Gasteiger partial charge on any atom is 0.146 e. The number of hydrogen-bond donors (Lipinski definition) is 1. The molecule has 96 valence electrons. The number of benzene rings is 1. The highest BCUT2D eigenvalue weighted by atomic mass is 19.1. The van der Waals surface area contributed by atoms with Gasteiger partial charge in [0.05, 0.1) is 5.69 Å². The van der Waals surface area contributed by atoms with Crippen LogP contribution in [0, 0.1) is 5.82 Å². The van der Waals surface area contributed by atoms with E-state index in [0.29, 0.717) is 18.3 Å². The molecule has 0 fully saturated rings. The minimum absolute atomic E-state index is 0.141. The van der Waals surface area contributed by atoms with Crippen LogP contribution in [0.5, 0.6) is 0 Å². The summed E-state index contributed by atoms with van der Waals surface area (Å²) in [6.45, 7) is 7.67. The summed E-state index contributed by atoms with van der Waals surface area (Å²) in [5.74, 6) is -0.141. The SMILES string of the molecule is CCC(C)N(CC)c1ccc(CCN)cc1F. The predicted octanol–water partition coefficient (Wildman–Crippen LogP) is 2.95. The number of hydrogen-bond acceptors (Lipinski definition) is 2. The molecule has 0 radical (unpaired) electrons. The summed E-state index contributed by atoms with van der Waals surface area (Å²) in [7, 11) is 0. The maximum absolute atomic E-state index is 14.0. The van der Waals surface area contributed by atoms with Crippen LogP contribution in [0.2, 0.25) is 0 Å². The average molecular weight is 238 g/mol. The van der Waals surface area contributed by atoms with Crippen molar-refractivity contribution in [2.24, 2.45) is 5.73 Å². The van der Waals surface area contributed by atoms with Gasteiger partial charge in [-0.1, -0.05) is 13.0 Å². The Bertz CT molecular complexity index is 352. The first-order valence-electron chi connectivity index (χ1n) is 6.39. The third-order valence-corrected chi connectivity index (χ3v) is 3.22. The van der Waals surface area contributed by atoms with Gasteiger partial charge in [-0.2, -0.15) is 0 Å². The standard InChI is InChI=1S/C14H23FN2/c1-4-11(3)17(5-2)14-7-6-12(8-9-16)10-13(14)15/h6-7,10-11H,4-5,8-9,16H2,1-3H3. The smallest absolute Gasteiger partial charge is 0.146 e. The summed E-state index contributed by atoms with van der Waals surface area (Å²) in [5, 5.41) is 0. The largest absolute Gasteiger partial charge is 0.367 e. The lowest BCUT2D eigenvalue weighted by Crippen LogP contribution is -2.33. The van der Waals surface area contributed by atoms with Gasteiger partial charge in [0.2, 0.25) is 0 Å². The van der Waals surface area contributed by atoms with Gasteiger partial charge in [0.15, 0.2) is 0 Å². The van der Waals surface area contributed by atoms with Gasteiger partial charge in [0, 0.05) is 12.6 Å². The van der Waals surface area contributed by atoms with E-state index in [2.05, 4.69) is 25.7 Å². The molecule has 0 bridgehead atoms. The van der Waals surface area contributed by atoms with Crippen LogP contribution in [0.1, 0.15) is 32.8 Å². The van der Waals surface area contributed by atoms with Gasteiger partial charge in [-0.15, -0.1) is 0 Å². The monoisotopic (exact) mass is 238 g/mol. The van der Waals surface area contributed by atoms with E-state index in [4.69, 9.17) is 5.73 Å². The first kappa shape index (κ1) is 14.0. The van der Waals surface area contributed by atoms with Crippen LogP contribution >= 0.6 is 0 Å². The summed E-state index contributed by atoms with van der Waals surface area (Å²) in [5.41, 5.74) is 7.14. The van der Waals surface area contributed by atoms with Gasteiger partial charge in [-0.3, -0.25) is 0 Å². The summed E-state index contributed by atoms with van der Waals surface area (Å²) in [6.07, 6.45) is 1.74. The Morgan fingerprint density at radius 2 is 2.06 bits per heavy atom. The van der Waals surface area contributed by atoms with E-state index in [0.717, 1.165) is 24.9 Å². The molecular formula is C14H23FN2. The highest BCUT2D eigenvalue weighted by Crippen LogP contribution is 2.23. The second-order valence-corrected chi connectivity index (χ2v) is 4.37. The minimum atomic E-state index is -0.141. The normalized spacial score (nSPS) is 12.5. The predicted molar refractivity (Wildman–Crippen MR) is 71.9 cm³/mol. The van der Waals surface area contributed by atoms with Gasteiger partial charge in [-0.05, 0) is 50.9 Å². The highest BCUT2D eigenvalue weighted by molar-refractivity contribution is 5.50. The van der Waals surface area contributed by atoms with Crippen molar-refractivity contribution in [3.8, 4) is 0 Å². The summed E-state index contributed by atoms with van der Waals surface area (Å²) < 4.78 is 14.0. The number of nitrogens with zero attached hydrogens (tertiary/aromatic N) is 1. The summed E-state index contributed by atoms with van der Waals surface area (Å²) in [4.78, 5) is 2.10. The second kappa shape index (κ2) is 6.60. The number of rotatable bonds is 6. The zero-order chi connectivity index (χ0) is 12.8. The molecule has 1 rings (SSSR count). The Balaban J connectivity index is 2.96. The van der Waals surface area contributed by atoms with Crippen molar-refractivity contribution in [1.29, 1.82) is 0 Å². The molecule has 1 aromatic rings. The van der Waals surface area contributed by atoms with E-state index in [9.17, 15) is 4.39 Å². The molecule has 1 aromatic carbocycles. The van der Waals surface area contributed by atoms with Crippen molar-refractivity contribution in [3.63, 3.8) is 0 Å². The summed E-state index contributed by atoms with van der Waals surface area (Å²) >= 11 is 0. The molecular weight excluding hydrogens is 215 g/mol. The van der Waals surface area contributed by atoms with Crippen molar-refractivity contribution >= 4 is 5.69 Å². The van der Waals surface area contributed by atoms with Gasteiger partial charge < -0.3 is 10.6 Å². The Kier molecular flexibility index (Phi) is 5.42. The van der Waals surface area contributed by atoms with Gasteiger partial charge in [0.25, 0.3) is 0 Å². The van der Waals surface area contributed by atoms with E-state index in [1.807, 2.05) is 12.1 Å². The molecule has 0 aliphatic carbocycles. The Hall–Kier alpha value is -1.09. The zero-order valence-electron chi connectivity index (χ0n) is 11.0. The molecule has 0 heterocycles.